The van der Waals surface area contributed by atoms with Crippen LogP contribution in [0, 0.1) is 11.0 Å². The molecule has 0 saturated carbocycles. The standard InChI is InChI=1S/C22H12BrFN4O/c23-18-11-26-21(13-7-9-28(29)12-17(13)18)16-10-20(15-4-1-2-6-19(15)24)27-22-14(16)5-3-8-25-22/h1-12H. The molecule has 5 rings (SSSR count). The molecule has 0 aliphatic heterocycles. The third-order valence-corrected chi connectivity index (χ3v) is 5.38. The van der Waals surface area contributed by atoms with Gasteiger partial charge in [-0.05, 0) is 46.3 Å². The normalized spacial score (nSPS) is 11.2. The number of benzene rings is 1. The Morgan fingerprint density at radius 1 is 0.931 bits per heavy atom. The van der Waals surface area contributed by atoms with Gasteiger partial charge in [0.15, 0.2) is 18.0 Å². The summed E-state index contributed by atoms with van der Waals surface area (Å²) in [5.41, 5.74) is 2.79. The van der Waals surface area contributed by atoms with Crippen molar-refractivity contribution in [1.82, 2.24) is 15.0 Å². The Labute approximate surface area is 173 Å². The highest BCUT2D eigenvalue weighted by Gasteiger charge is 2.17. The van der Waals surface area contributed by atoms with Crippen LogP contribution in [0.15, 0.2) is 77.8 Å². The van der Waals surface area contributed by atoms with Gasteiger partial charge in [-0.1, -0.05) is 12.1 Å². The highest BCUT2D eigenvalue weighted by Crippen LogP contribution is 2.36. The average molecular weight is 447 g/mol. The van der Waals surface area contributed by atoms with E-state index in [9.17, 15) is 9.60 Å². The molecule has 0 unspecified atom stereocenters. The van der Waals surface area contributed by atoms with Gasteiger partial charge in [-0.3, -0.25) is 4.98 Å². The fourth-order valence-electron chi connectivity index (χ4n) is 3.41. The fourth-order valence-corrected chi connectivity index (χ4v) is 3.83. The highest BCUT2D eigenvalue weighted by atomic mass is 79.9. The molecule has 1 aromatic carbocycles. The third-order valence-electron chi connectivity index (χ3n) is 4.74. The van der Waals surface area contributed by atoms with Gasteiger partial charge in [0.05, 0.1) is 16.8 Å². The lowest BCUT2D eigenvalue weighted by Gasteiger charge is -2.12. The predicted octanol–water partition coefficient (Wildman–Crippen LogP) is 5.05. The number of pyridine rings is 4. The monoisotopic (exact) mass is 446 g/mol. The van der Waals surface area contributed by atoms with E-state index >= 15 is 0 Å². The van der Waals surface area contributed by atoms with Gasteiger partial charge in [0.25, 0.3) is 0 Å². The first-order valence-electron chi connectivity index (χ1n) is 8.80. The van der Waals surface area contributed by atoms with Crippen LogP contribution in [0.1, 0.15) is 0 Å². The van der Waals surface area contributed by atoms with E-state index in [4.69, 9.17) is 0 Å². The maximum atomic E-state index is 14.4. The van der Waals surface area contributed by atoms with E-state index in [1.807, 2.05) is 18.2 Å². The molecule has 0 saturated heterocycles. The largest absolute Gasteiger partial charge is 0.619 e. The summed E-state index contributed by atoms with van der Waals surface area (Å²) in [5.74, 6) is -0.359. The molecule has 5 nitrogen and oxygen atoms in total. The lowest BCUT2D eigenvalue weighted by atomic mass is 10.00. The SMILES string of the molecule is [O-][n+]1ccc2c(-c3cc(-c4ccccc4F)nc4ncccc34)ncc(Br)c2c1. The van der Waals surface area contributed by atoms with Crippen molar-refractivity contribution in [3.05, 3.63) is 88.8 Å². The Kier molecular flexibility index (Phi) is 4.17. The molecule has 0 fully saturated rings. The molecule has 5 aromatic rings. The lowest BCUT2D eigenvalue weighted by Crippen LogP contribution is -2.23. The molecule has 29 heavy (non-hydrogen) atoms. The van der Waals surface area contributed by atoms with Gasteiger partial charge in [-0.25, -0.2) is 14.4 Å². The topological polar surface area (TPSA) is 65.6 Å². The van der Waals surface area contributed by atoms with E-state index in [0.29, 0.717) is 27.1 Å². The van der Waals surface area contributed by atoms with Crippen LogP contribution in [-0.4, -0.2) is 15.0 Å². The van der Waals surface area contributed by atoms with Gasteiger partial charge < -0.3 is 5.21 Å². The predicted molar refractivity (Wildman–Crippen MR) is 112 cm³/mol. The minimum absolute atomic E-state index is 0.359. The summed E-state index contributed by atoms with van der Waals surface area (Å²) in [7, 11) is 0. The van der Waals surface area contributed by atoms with Crippen LogP contribution in [0.25, 0.3) is 44.3 Å². The van der Waals surface area contributed by atoms with Gasteiger partial charge in [0.2, 0.25) is 0 Å². The van der Waals surface area contributed by atoms with Crippen molar-refractivity contribution in [1.29, 1.82) is 0 Å². The van der Waals surface area contributed by atoms with Crippen molar-refractivity contribution < 1.29 is 9.12 Å². The second kappa shape index (κ2) is 6.86. The van der Waals surface area contributed by atoms with Crippen LogP contribution in [0.4, 0.5) is 4.39 Å². The molecular formula is C22H12BrFN4O. The number of aromatic nitrogens is 4. The van der Waals surface area contributed by atoms with E-state index in [1.165, 1.54) is 18.5 Å². The fraction of sp³-hybridized carbons (Fsp3) is 0. The first-order chi connectivity index (χ1) is 14.1. The number of rotatable bonds is 2. The van der Waals surface area contributed by atoms with Crippen LogP contribution in [-0.2, 0) is 0 Å². The zero-order chi connectivity index (χ0) is 20.0. The lowest BCUT2D eigenvalue weighted by molar-refractivity contribution is -0.603. The molecule has 0 spiro atoms. The summed E-state index contributed by atoms with van der Waals surface area (Å²) in [4.78, 5) is 13.5. The van der Waals surface area contributed by atoms with E-state index < -0.39 is 0 Å². The minimum atomic E-state index is -0.359. The molecular weight excluding hydrogens is 435 g/mol. The van der Waals surface area contributed by atoms with Gasteiger partial charge in [0, 0.05) is 44.8 Å². The maximum absolute atomic E-state index is 14.4. The number of fused-ring (bicyclic) bond motifs is 2. The Bertz CT molecular complexity index is 1410. The number of halogens is 2. The number of nitrogens with zero attached hydrogens (tertiary/aromatic N) is 4. The molecule has 0 radical (unpaired) electrons. The van der Waals surface area contributed by atoms with Gasteiger partial charge in [-0.15, -0.1) is 0 Å². The van der Waals surface area contributed by atoms with Gasteiger partial charge >= 0.3 is 0 Å². The zero-order valence-corrected chi connectivity index (χ0v) is 16.5. The molecule has 0 aliphatic carbocycles. The van der Waals surface area contributed by atoms with E-state index in [0.717, 1.165) is 26.5 Å². The van der Waals surface area contributed by atoms with Crippen LogP contribution >= 0.6 is 15.9 Å². The number of hydrogen-bond donors (Lipinski definition) is 0. The summed E-state index contributed by atoms with van der Waals surface area (Å²) in [6.45, 7) is 0. The van der Waals surface area contributed by atoms with Crippen molar-refractivity contribution in [3.8, 4) is 22.5 Å². The Hall–Kier alpha value is -3.45. The maximum Gasteiger partial charge on any atom is 0.189 e. The van der Waals surface area contributed by atoms with E-state index in [2.05, 4.69) is 30.9 Å². The first kappa shape index (κ1) is 17.6. The van der Waals surface area contributed by atoms with Crippen molar-refractivity contribution >= 4 is 37.7 Å². The summed E-state index contributed by atoms with van der Waals surface area (Å²) < 4.78 is 15.9. The quantitative estimate of drug-likeness (QED) is 0.281. The molecule has 0 aliphatic rings. The highest BCUT2D eigenvalue weighted by molar-refractivity contribution is 9.10. The summed E-state index contributed by atoms with van der Waals surface area (Å²) >= 11 is 3.46. The van der Waals surface area contributed by atoms with Crippen LogP contribution in [0.3, 0.4) is 0 Å². The van der Waals surface area contributed by atoms with E-state index in [1.54, 1.807) is 36.7 Å². The van der Waals surface area contributed by atoms with Gasteiger partial charge in [-0.2, -0.15) is 4.73 Å². The van der Waals surface area contributed by atoms with Crippen molar-refractivity contribution in [2.24, 2.45) is 0 Å². The summed E-state index contributed by atoms with van der Waals surface area (Å²) in [5, 5.41) is 14.1. The second-order valence-electron chi connectivity index (χ2n) is 6.50. The molecule has 0 N–H and O–H groups in total. The Morgan fingerprint density at radius 2 is 1.79 bits per heavy atom. The molecule has 7 heteroatoms. The third kappa shape index (κ3) is 3.00. The molecule has 0 atom stereocenters. The molecule has 4 aromatic heterocycles. The van der Waals surface area contributed by atoms with E-state index in [-0.39, 0.29) is 5.82 Å². The van der Waals surface area contributed by atoms with Crippen LogP contribution in [0.2, 0.25) is 0 Å². The summed E-state index contributed by atoms with van der Waals surface area (Å²) in [6.07, 6.45) is 6.23. The van der Waals surface area contributed by atoms with Crippen LogP contribution in [0.5, 0.6) is 0 Å². The zero-order valence-electron chi connectivity index (χ0n) is 14.9. The minimum Gasteiger partial charge on any atom is -0.619 e. The molecule has 0 bridgehead atoms. The Balaban J connectivity index is 1.87. The molecule has 140 valence electrons. The van der Waals surface area contributed by atoms with Crippen molar-refractivity contribution in [2.45, 2.75) is 0 Å². The van der Waals surface area contributed by atoms with Crippen LogP contribution < -0.4 is 4.73 Å². The first-order valence-corrected chi connectivity index (χ1v) is 9.59. The van der Waals surface area contributed by atoms with Crippen molar-refractivity contribution in [3.63, 3.8) is 0 Å². The van der Waals surface area contributed by atoms with Crippen molar-refractivity contribution in [2.75, 3.05) is 0 Å². The second-order valence-corrected chi connectivity index (χ2v) is 7.35. The smallest absolute Gasteiger partial charge is 0.189 e. The number of hydrogen-bond acceptors (Lipinski definition) is 4. The molecule has 0 amide bonds. The molecule has 4 heterocycles. The van der Waals surface area contributed by atoms with Gasteiger partial charge in [0.1, 0.15) is 5.82 Å². The average Bonchev–Trinajstić information content (AvgIpc) is 2.74. The Morgan fingerprint density at radius 3 is 2.66 bits per heavy atom. The summed E-state index contributed by atoms with van der Waals surface area (Å²) in [6, 6.07) is 13.8.